The molecule has 2 N–H and O–H groups in total. The fourth-order valence-corrected chi connectivity index (χ4v) is 2.61. The molecule has 3 aromatic rings. The number of ether oxygens (including phenoxy) is 1. The Kier molecular flexibility index (Phi) is 6.35. The molecule has 0 aliphatic rings. The van der Waals surface area contributed by atoms with Crippen molar-refractivity contribution in [2.24, 2.45) is 0 Å². The Morgan fingerprint density at radius 2 is 1.70 bits per heavy atom. The van der Waals surface area contributed by atoms with Crippen molar-refractivity contribution in [2.45, 2.75) is 12.8 Å². The van der Waals surface area contributed by atoms with E-state index in [9.17, 15) is 9.59 Å². The second kappa shape index (κ2) is 9.33. The van der Waals surface area contributed by atoms with Crippen molar-refractivity contribution in [2.75, 3.05) is 13.2 Å². The number of nitrogens with zero attached hydrogens (tertiary/aromatic N) is 1. The summed E-state index contributed by atoms with van der Waals surface area (Å²) in [7, 11) is 0. The number of carbonyl (C=O) groups is 2. The summed E-state index contributed by atoms with van der Waals surface area (Å²) in [5, 5.41) is 9.49. The van der Waals surface area contributed by atoms with Crippen LogP contribution in [0.25, 0.3) is 11.3 Å². The molecule has 2 aromatic carbocycles. The highest BCUT2D eigenvalue weighted by Crippen LogP contribution is 2.17. The minimum Gasteiger partial charge on any atom is -0.451 e. The second-order valence-corrected chi connectivity index (χ2v) is 6.05. The Bertz CT molecular complexity index is 876. The molecule has 0 saturated carbocycles. The second-order valence-electron chi connectivity index (χ2n) is 6.05. The minimum absolute atomic E-state index is 0.214. The highest BCUT2D eigenvalue weighted by atomic mass is 16.5. The molecule has 0 saturated heterocycles. The molecule has 1 heterocycles. The number of aromatic nitrogens is 2. The van der Waals surface area contributed by atoms with Crippen molar-refractivity contribution in [3.05, 3.63) is 78.0 Å². The fourth-order valence-electron chi connectivity index (χ4n) is 2.61. The maximum atomic E-state index is 12.0. The molecular formula is C21H21N3O3. The zero-order valence-electron chi connectivity index (χ0n) is 14.9. The number of hydrogen-bond acceptors (Lipinski definition) is 4. The smallest absolute Gasteiger partial charge is 0.356 e. The van der Waals surface area contributed by atoms with Crippen LogP contribution in [0.4, 0.5) is 0 Å². The Labute approximate surface area is 157 Å². The molecule has 6 heteroatoms. The lowest BCUT2D eigenvalue weighted by Crippen LogP contribution is -2.29. The molecule has 138 valence electrons. The molecule has 6 nitrogen and oxygen atoms in total. The van der Waals surface area contributed by atoms with Crippen LogP contribution >= 0.6 is 0 Å². The van der Waals surface area contributed by atoms with E-state index in [4.69, 9.17) is 4.74 Å². The number of amides is 1. The maximum absolute atomic E-state index is 12.0. The zero-order valence-corrected chi connectivity index (χ0v) is 14.9. The van der Waals surface area contributed by atoms with Crippen molar-refractivity contribution >= 4 is 11.9 Å². The van der Waals surface area contributed by atoms with Crippen LogP contribution in [0.1, 0.15) is 22.5 Å². The number of benzene rings is 2. The van der Waals surface area contributed by atoms with Crippen LogP contribution in [0.15, 0.2) is 66.7 Å². The SMILES string of the molecule is O=C(COC(=O)c1cc(-c2ccccc2)n[nH]1)NCCCc1ccccc1. The van der Waals surface area contributed by atoms with Gasteiger partial charge >= 0.3 is 5.97 Å². The van der Waals surface area contributed by atoms with Gasteiger partial charge in [-0.1, -0.05) is 60.7 Å². The van der Waals surface area contributed by atoms with Gasteiger partial charge < -0.3 is 10.1 Å². The first kappa shape index (κ1) is 18.4. The summed E-state index contributed by atoms with van der Waals surface area (Å²) >= 11 is 0. The monoisotopic (exact) mass is 363 g/mol. The zero-order chi connectivity index (χ0) is 18.9. The quantitative estimate of drug-likeness (QED) is 0.476. The van der Waals surface area contributed by atoms with E-state index in [-0.39, 0.29) is 18.2 Å². The lowest BCUT2D eigenvalue weighted by molar-refractivity contribution is -0.124. The van der Waals surface area contributed by atoms with Crippen molar-refractivity contribution in [1.29, 1.82) is 0 Å². The molecule has 0 aliphatic heterocycles. The maximum Gasteiger partial charge on any atom is 0.356 e. The lowest BCUT2D eigenvalue weighted by Gasteiger charge is -2.06. The largest absolute Gasteiger partial charge is 0.451 e. The van der Waals surface area contributed by atoms with Crippen LogP contribution < -0.4 is 5.32 Å². The number of aryl methyl sites for hydroxylation is 1. The Hall–Kier alpha value is -3.41. The molecule has 0 spiro atoms. The van der Waals surface area contributed by atoms with Crippen molar-refractivity contribution in [3.8, 4) is 11.3 Å². The van der Waals surface area contributed by atoms with Gasteiger partial charge in [0.25, 0.3) is 5.91 Å². The van der Waals surface area contributed by atoms with Gasteiger partial charge in [-0.3, -0.25) is 9.89 Å². The van der Waals surface area contributed by atoms with Gasteiger partial charge in [-0.05, 0) is 24.5 Å². The first-order valence-corrected chi connectivity index (χ1v) is 8.81. The van der Waals surface area contributed by atoms with Gasteiger partial charge in [0.1, 0.15) is 5.69 Å². The summed E-state index contributed by atoms with van der Waals surface area (Å²) in [5.74, 6) is -0.927. The van der Waals surface area contributed by atoms with E-state index in [1.54, 1.807) is 6.07 Å². The molecule has 0 aliphatic carbocycles. The molecule has 3 rings (SSSR count). The molecule has 0 atom stereocenters. The van der Waals surface area contributed by atoms with Crippen LogP contribution in [0.2, 0.25) is 0 Å². The minimum atomic E-state index is -0.607. The Balaban J connectivity index is 1.38. The number of carbonyl (C=O) groups excluding carboxylic acids is 2. The number of nitrogens with one attached hydrogen (secondary N) is 2. The molecule has 1 amide bonds. The summed E-state index contributed by atoms with van der Waals surface area (Å²) in [6.45, 7) is 0.220. The summed E-state index contributed by atoms with van der Waals surface area (Å²) in [5.41, 5.74) is 2.98. The van der Waals surface area contributed by atoms with Crippen LogP contribution in [0, 0.1) is 0 Å². The van der Waals surface area contributed by atoms with Gasteiger partial charge in [-0.2, -0.15) is 5.10 Å². The predicted octanol–water partition coefficient (Wildman–Crippen LogP) is 2.98. The number of H-pyrrole nitrogens is 1. The van der Waals surface area contributed by atoms with Crippen LogP contribution in [0.5, 0.6) is 0 Å². The number of esters is 1. The fraction of sp³-hybridized carbons (Fsp3) is 0.190. The van der Waals surface area contributed by atoms with Crippen LogP contribution in [0.3, 0.4) is 0 Å². The highest BCUT2D eigenvalue weighted by Gasteiger charge is 2.14. The highest BCUT2D eigenvalue weighted by molar-refractivity contribution is 5.90. The van der Waals surface area contributed by atoms with Gasteiger partial charge in [0.05, 0.1) is 5.69 Å². The van der Waals surface area contributed by atoms with Crippen molar-refractivity contribution in [1.82, 2.24) is 15.5 Å². The molecule has 1 aromatic heterocycles. The van der Waals surface area contributed by atoms with Crippen molar-refractivity contribution in [3.63, 3.8) is 0 Å². The average Bonchev–Trinajstić information content (AvgIpc) is 3.21. The van der Waals surface area contributed by atoms with E-state index in [1.807, 2.05) is 48.5 Å². The molecule has 0 radical (unpaired) electrons. The third-order valence-electron chi connectivity index (χ3n) is 4.01. The normalized spacial score (nSPS) is 10.4. The van der Waals surface area contributed by atoms with E-state index in [2.05, 4.69) is 27.6 Å². The van der Waals surface area contributed by atoms with Gasteiger partial charge in [0, 0.05) is 12.1 Å². The van der Waals surface area contributed by atoms with E-state index in [1.165, 1.54) is 5.56 Å². The molecule has 0 bridgehead atoms. The topological polar surface area (TPSA) is 84.1 Å². The average molecular weight is 363 g/mol. The molecular weight excluding hydrogens is 342 g/mol. The molecule has 27 heavy (non-hydrogen) atoms. The summed E-state index contributed by atoms with van der Waals surface area (Å²) < 4.78 is 5.03. The standard InChI is InChI=1S/C21H21N3O3/c25-20(22-13-7-10-16-8-3-1-4-9-16)15-27-21(26)19-14-18(23-24-19)17-11-5-2-6-12-17/h1-6,8-9,11-12,14H,7,10,13,15H2,(H,22,25)(H,23,24). The molecule has 0 fully saturated rings. The first-order chi connectivity index (χ1) is 13.2. The van der Waals surface area contributed by atoms with E-state index >= 15 is 0 Å². The summed E-state index contributed by atoms with van der Waals surface area (Å²) in [6.07, 6.45) is 1.71. The van der Waals surface area contributed by atoms with Crippen LogP contribution in [-0.4, -0.2) is 35.2 Å². The Morgan fingerprint density at radius 3 is 2.44 bits per heavy atom. The third-order valence-corrected chi connectivity index (χ3v) is 4.01. The number of hydrogen-bond donors (Lipinski definition) is 2. The summed E-state index contributed by atoms with van der Waals surface area (Å²) in [6, 6.07) is 21.2. The van der Waals surface area contributed by atoms with E-state index < -0.39 is 5.97 Å². The lowest BCUT2D eigenvalue weighted by atomic mass is 10.1. The predicted molar refractivity (Wildman–Crippen MR) is 102 cm³/mol. The van der Waals surface area contributed by atoms with Crippen molar-refractivity contribution < 1.29 is 14.3 Å². The number of rotatable bonds is 8. The third kappa shape index (κ3) is 5.54. The van der Waals surface area contributed by atoms with E-state index in [0.29, 0.717) is 12.2 Å². The van der Waals surface area contributed by atoms with E-state index in [0.717, 1.165) is 18.4 Å². The first-order valence-electron chi connectivity index (χ1n) is 8.81. The van der Waals surface area contributed by atoms with Crippen LogP contribution in [-0.2, 0) is 16.0 Å². The van der Waals surface area contributed by atoms with Gasteiger partial charge in [-0.25, -0.2) is 4.79 Å². The number of aromatic amines is 1. The van der Waals surface area contributed by atoms with Gasteiger partial charge in [0.2, 0.25) is 0 Å². The summed E-state index contributed by atoms with van der Waals surface area (Å²) in [4.78, 5) is 23.8. The van der Waals surface area contributed by atoms with Gasteiger partial charge in [0.15, 0.2) is 6.61 Å². The molecule has 0 unspecified atom stereocenters. The van der Waals surface area contributed by atoms with Gasteiger partial charge in [-0.15, -0.1) is 0 Å². The Morgan fingerprint density at radius 1 is 1.00 bits per heavy atom.